The van der Waals surface area contributed by atoms with E-state index in [4.69, 9.17) is 0 Å². The van der Waals surface area contributed by atoms with Crippen LogP contribution in [0.5, 0.6) is 0 Å². The van der Waals surface area contributed by atoms with E-state index in [1.54, 1.807) is 22.7 Å². The van der Waals surface area contributed by atoms with E-state index < -0.39 is 0 Å². The maximum absolute atomic E-state index is 4.39. The standard InChI is InChI=1S/C13H19N5S2/c1-2-14-12-16-9-11(20-12)10-17-4-6-18(7-5-17)13-15-3-8-19-13/h3,8-9H,2,4-7,10H2,1H3,(H,14,16). The number of aromatic nitrogens is 2. The Labute approximate surface area is 127 Å². The number of piperazine rings is 1. The highest BCUT2D eigenvalue weighted by Gasteiger charge is 2.19. The number of thiazole rings is 2. The lowest BCUT2D eigenvalue weighted by Gasteiger charge is -2.34. The molecule has 0 atom stereocenters. The average Bonchev–Trinajstić information content (AvgIpc) is 3.12. The van der Waals surface area contributed by atoms with Crippen molar-refractivity contribution in [2.45, 2.75) is 13.5 Å². The summed E-state index contributed by atoms with van der Waals surface area (Å²) in [5.41, 5.74) is 0. The van der Waals surface area contributed by atoms with Crippen LogP contribution in [0.3, 0.4) is 0 Å². The second-order valence-corrected chi connectivity index (χ2v) is 6.73. The number of anilines is 2. The molecule has 0 radical (unpaired) electrons. The molecular weight excluding hydrogens is 290 g/mol. The first-order valence-electron chi connectivity index (χ1n) is 6.90. The molecule has 3 rings (SSSR count). The van der Waals surface area contributed by atoms with Crippen molar-refractivity contribution in [1.29, 1.82) is 0 Å². The summed E-state index contributed by atoms with van der Waals surface area (Å²) in [7, 11) is 0. The summed E-state index contributed by atoms with van der Waals surface area (Å²) in [6, 6.07) is 0. The van der Waals surface area contributed by atoms with E-state index in [9.17, 15) is 0 Å². The number of rotatable bonds is 5. The maximum Gasteiger partial charge on any atom is 0.185 e. The maximum atomic E-state index is 4.39. The molecule has 1 N–H and O–H groups in total. The van der Waals surface area contributed by atoms with Gasteiger partial charge in [-0.05, 0) is 6.92 Å². The molecule has 2 aromatic rings. The predicted molar refractivity (Wildman–Crippen MR) is 85.9 cm³/mol. The van der Waals surface area contributed by atoms with Crippen LogP contribution in [0.25, 0.3) is 0 Å². The van der Waals surface area contributed by atoms with Crippen molar-refractivity contribution < 1.29 is 0 Å². The Bertz CT molecular complexity index is 517. The summed E-state index contributed by atoms with van der Waals surface area (Å²) in [6.45, 7) is 8.34. The fourth-order valence-electron chi connectivity index (χ4n) is 2.30. The highest BCUT2D eigenvalue weighted by atomic mass is 32.1. The van der Waals surface area contributed by atoms with E-state index in [1.807, 2.05) is 17.8 Å². The number of hydrogen-bond donors (Lipinski definition) is 1. The van der Waals surface area contributed by atoms with Crippen LogP contribution in [0.2, 0.25) is 0 Å². The lowest BCUT2D eigenvalue weighted by molar-refractivity contribution is 0.252. The third kappa shape index (κ3) is 3.28. The number of nitrogens with one attached hydrogen (secondary N) is 1. The van der Waals surface area contributed by atoms with Crippen LogP contribution in [-0.2, 0) is 6.54 Å². The molecule has 0 saturated carbocycles. The van der Waals surface area contributed by atoms with Crippen molar-refractivity contribution in [3.05, 3.63) is 22.7 Å². The van der Waals surface area contributed by atoms with Crippen LogP contribution in [0.15, 0.2) is 17.8 Å². The van der Waals surface area contributed by atoms with E-state index in [1.165, 1.54) is 4.88 Å². The Morgan fingerprint density at radius 3 is 2.80 bits per heavy atom. The quantitative estimate of drug-likeness (QED) is 0.918. The van der Waals surface area contributed by atoms with Gasteiger partial charge in [-0.2, -0.15) is 0 Å². The number of nitrogens with zero attached hydrogens (tertiary/aromatic N) is 4. The van der Waals surface area contributed by atoms with E-state index in [0.717, 1.165) is 49.5 Å². The molecule has 7 heteroatoms. The van der Waals surface area contributed by atoms with Crippen LogP contribution < -0.4 is 10.2 Å². The van der Waals surface area contributed by atoms with Gasteiger partial charge >= 0.3 is 0 Å². The normalized spacial score (nSPS) is 16.6. The molecule has 1 aliphatic heterocycles. The number of hydrogen-bond acceptors (Lipinski definition) is 7. The van der Waals surface area contributed by atoms with Crippen molar-refractivity contribution in [3.63, 3.8) is 0 Å². The summed E-state index contributed by atoms with van der Waals surface area (Å²) >= 11 is 3.49. The van der Waals surface area contributed by atoms with Crippen LogP contribution in [0.4, 0.5) is 10.3 Å². The van der Waals surface area contributed by atoms with E-state index in [0.29, 0.717) is 0 Å². The van der Waals surface area contributed by atoms with Gasteiger partial charge in [-0.15, -0.1) is 22.7 Å². The van der Waals surface area contributed by atoms with Gasteiger partial charge in [0.05, 0.1) is 0 Å². The molecule has 0 aromatic carbocycles. The molecule has 0 aliphatic carbocycles. The van der Waals surface area contributed by atoms with E-state index in [2.05, 4.69) is 32.0 Å². The molecule has 0 unspecified atom stereocenters. The summed E-state index contributed by atoms with van der Waals surface area (Å²) in [5, 5.41) is 7.49. The van der Waals surface area contributed by atoms with Crippen molar-refractivity contribution in [2.75, 3.05) is 42.9 Å². The molecule has 108 valence electrons. The minimum absolute atomic E-state index is 0.930. The first-order valence-corrected chi connectivity index (χ1v) is 8.60. The Morgan fingerprint density at radius 2 is 2.10 bits per heavy atom. The summed E-state index contributed by atoms with van der Waals surface area (Å²) in [4.78, 5) is 15.0. The van der Waals surface area contributed by atoms with Crippen molar-refractivity contribution in [3.8, 4) is 0 Å². The van der Waals surface area contributed by atoms with Crippen LogP contribution in [-0.4, -0.2) is 47.6 Å². The van der Waals surface area contributed by atoms with Crippen LogP contribution in [0.1, 0.15) is 11.8 Å². The van der Waals surface area contributed by atoms with Gasteiger partial charge in [-0.3, -0.25) is 4.90 Å². The molecule has 2 aromatic heterocycles. The topological polar surface area (TPSA) is 44.3 Å². The zero-order valence-corrected chi connectivity index (χ0v) is 13.2. The van der Waals surface area contributed by atoms with Gasteiger partial charge in [0.2, 0.25) is 0 Å². The second-order valence-electron chi connectivity index (χ2n) is 4.74. The molecule has 0 amide bonds. The van der Waals surface area contributed by atoms with Gasteiger partial charge in [0.15, 0.2) is 10.3 Å². The van der Waals surface area contributed by atoms with Gasteiger partial charge in [-0.1, -0.05) is 0 Å². The minimum Gasteiger partial charge on any atom is -0.362 e. The average molecular weight is 309 g/mol. The fourth-order valence-corrected chi connectivity index (χ4v) is 3.92. The highest BCUT2D eigenvalue weighted by Crippen LogP contribution is 2.22. The van der Waals surface area contributed by atoms with E-state index >= 15 is 0 Å². The fraction of sp³-hybridized carbons (Fsp3) is 0.538. The second kappa shape index (κ2) is 6.51. The first kappa shape index (κ1) is 13.8. The monoisotopic (exact) mass is 309 g/mol. The Balaban J connectivity index is 1.50. The summed E-state index contributed by atoms with van der Waals surface area (Å²) in [5.74, 6) is 0. The largest absolute Gasteiger partial charge is 0.362 e. The van der Waals surface area contributed by atoms with Crippen LogP contribution in [0, 0.1) is 0 Å². The van der Waals surface area contributed by atoms with Gasteiger partial charge in [0.25, 0.3) is 0 Å². The Hall–Kier alpha value is -1.18. The first-order chi connectivity index (χ1) is 9.85. The molecule has 0 bridgehead atoms. The molecule has 3 heterocycles. The van der Waals surface area contributed by atoms with Gasteiger partial charge in [-0.25, -0.2) is 9.97 Å². The molecular formula is C13H19N5S2. The van der Waals surface area contributed by atoms with Gasteiger partial charge in [0, 0.05) is 61.9 Å². The Morgan fingerprint density at radius 1 is 1.25 bits per heavy atom. The highest BCUT2D eigenvalue weighted by molar-refractivity contribution is 7.15. The molecule has 5 nitrogen and oxygen atoms in total. The van der Waals surface area contributed by atoms with Crippen molar-refractivity contribution in [2.24, 2.45) is 0 Å². The SMILES string of the molecule is CCNc1ncc(CN2CCN(c3nccs3)CC2)s1. The minimum atomic E-state index is 0.930. The van der Waals surface area contributed by atoms with Crippen LogP contribution >= 0.6 is 22.7 Å². The molecule has 1 aliphatic rings. The third-order valence-electron chi connectivity index (χ3n) is 3.32. The molecule has 1 saturated heterocycles. The van der Waals surface area contributed by atoms with Crippen molar-refractivity contribution >= 4 is 32.9 Å². The lowest BCUT2D eigenvalue weighted by Crippen LogP contribution is -2.45. The van der Waals surface area contributed by atoms with Crippen molar-refractivity contribution in [1.82, 2.24) is 14.9 Å². The lowest BCUT2D eigenvalue weighted by atomic mass is 10.3. The Kier molecular flexibility index (Phi) is 4.49. The smallest absolute Gasteiger partial charge is 0.185 e. The molecule has 20 heavy (non-hydrogen) atoms. The van der Waals surface area contributed by atoms with E-state index in [-0.39, 0.29) is 0 Å². The van der Waals surface area contributed by atoms with Gasteiger partial charge in [0.1, 0.15) is 0 Å². The zero-order valence-electron chi connectivity index (χ0n) is 11.6. The molecule has 0 spiro atoms. The molecule has 1 fully saturated rings. The summed E-state index contributed by atoms with van der Waals surface area (Å²) < 4.78 is 0. The predicted octanol–water partition coefficient (Wildman–Crippen LogP) is 2.35. The summed E-state index contributed by atoms with van der Waals surface area (Å²) in [6.07, 6.45) is 3.88. The zero-order chi connectivity index (χ0) is 13.8. The van der Waals surface area contributed by atoms with Gasteiger partial charge < -0.3 is 10.2 Å². The third-order valence-corrected chi connectivity index (χ3v) is 5.10.